The van der Waals surface area contributed by atoms with E-state index >= 15 is 0 Å². The lowest BCUT2D eigenvalue weighted by molar-refractivity contribution is -0.122. The Kier molecular flexibility index (Phi) is 2.56. The van der Waals surface area contributed by atoms with Crippen molar-refractivity contribution in [3.63, 3.8) is 0 Å². The first-order valence-electron chi connectivity index (χ1n) is 4.75. The highest BCUT2D eigenvalue weighted by molar-refractivity contribution is 7.11. The molecule has 0 spiro atoms. The van der Waals surface area contributed by atoms with Crippen LogP contribution in [0.5, 0.6) is 0 Å². The van der Waals surface area contributed by atoms with E-state index in [0.717, 1.165) is 6.42 Å². The molecule has 0 radical (unpaired) electrons. The first-order valence-corrected chi connectivity index (χ1v) is 5.57. The molecular weight excluding hydrogens is 196 g/mol. The van der Waals surface area contributed by atoms with Gasteiger partial charge in [-0.05, 0) is 25.5 Å². The molecule has 1 aromatic heterocycles. The van der Waals surface area contributed by atoms with Gasteiger partial charge >= 0.3 is 0 Å². The van der Waals surface area contributed by atoms with Gasteiger partial charge in [-0.1, -0.05) is 0 Å². The third-order valence-electron chi connectivity index (χ3n) is 2.41. The molecular formula is C10H14N2OS. The smallest absolute Gasteiger partial charge is 0.225 e. The van der Waals surface area contributed by atoms with E-state index in [1.807, 2.05) is 6.07 Å². The maximum Gasteiger partial charge on any atom is 0.225 e. The number of rotatable bonds is 3. The van der Waals surface area contributed by atoms with E-state index in [-0.39, 0.29) is 17.9 Å². The molecule has 1 saturated carbocycles. The Morgan fingerprint density at radius 3 is 2.93 bits per heavy atom. The molecule has 1 amide bonds. The van der Waals surface area contributed by atoms with Crippen molar-refractivity contribution in [3.05, 3.63) is 21.9 Å². The van der Waals surface area contributed by atoms with Crippen LogP contribution in [0.3, 0.4) is 0 Å². The zero-order valence-electron chi connectivity index (χ0n) is 8.12. The van der Waals surface area contributed by atoms with Gasteiger partial charge in [-0.2, -0.15) is 0 Å². The molecule has 3 N–H and O–H groups in total. The lowest BCUT2D eigenvalue weighted by Gasteiger charge is -2.01. The fourth-order valence-electron chi connectivity index (χ4n) is 1.40. The highest BCUT2D eigenvalue weighted by Crippen LogP contribution is 2.27. The van der Waals surface area contributed by atoms with Gasteiger partial charge in [0.15, 0.2) is 0 Å². The molecule has 76 valence electrons. The molecule has 0 bridgehead atoms. The third-order valence-corrected chi connectivity index (χ3v) is 3.41. The Morgan fingerprint density at radius 2 is 2.43 bits per heavy atom. The molecule has 1 aliphatic rings. The summed E-state index contributed by atoms with van der Waals surface area (Å²) in [4.78, 5) is 13.9. The summed E-state index contributed by atoms with van der Waals surface area (Å²) >= 11 is 1.72. The predicted molar refractivity (Wildman–Crippen MR) is 57.0 cm³/mol. The maximum absolute atomic E-state index is 11.4. The third kappa shape index (κ3) is 2.13. The highest BCUT2D eigenvalue weighted by Gasteiger charge is 2.39. The molecule has 4 heteroatoms. The Labute approximate surface area is 87.3 Å². The summed E-state index contributed by atoms with van der Waals surface area (Å²) < 4.78 is 0. The van der Waals surface area contributed by atoms with Gasteiger partial charge < -0.3 is 11.1 Å². The van der Waals surface area contributed by atoms with Crippen molar-refractivity contribution in [3.8, 4) is 0 Å². The van der Waals surface area contributed by atoms with Crippen LogP contribution in [-0.2, 0) is 11.3 Å². The predicted octanol–water partition coefficient (Wildman–Crippen LogP) is 1.02. The number of nitrogens with one attached hydrogen (secondary N) is 1. The fourth-order valence-corrected chi connectivity index (χ4v) is 2.23. The minimum Gasteiger partial charge on any atom is -0.351 e. The van der Waals surface area contributed by atoms with E-state index in [2.05, 4.69) is 18.3 Å². The summed E-state index contributed by atoms with van der Waals surface area (Å²) in [5, 5.41) is 2.90. The Morgan fingerprint density at radius 1 is 1.71 bits per heavy atom. The van der Waals surface area contributed by atoms with Crippen LogP contribution < -0.4 is 11.1 Å². The summed E-state index contributed by atoms with van der Waals surface area (Å²) in [5.41, 5.74) is 5.58. The van der Waals surface area contributed by atoms with Crippen molar-refractivity contribution in [2.45, 2.75) is 25.9 Å². The Balaban J connectivity index is 1.80. The molecule has 1 fully saturated rings. The van der Waals surface area contributed by atoms with Crippen molar-refractivity contribution < 1.29 is 4.79 Å². The van der Waals surface area contributed by atoms with Gasteiger partial charge in [0, 0.05) is 15.8 Å². The molecule has 2 rings (SSSR count). The second-order valence-corrected chi connectivity index (χ2v) is 5.11. The number of hydrogen-bond acceptors (Lipinski definition) is 3. The monoisotopic (exact) mass is 210 g/mol. The molecule has 2 atom stereocenters. The number of aryl methyl sites for hydroxylation is 1. The molecule has 2 unspecified atom stereocenters. The van der Waals surface area contributed by atoms with Crippen LogP contribution >= 0.6 is 11.3 Å². The number of hydrogen-bond donors (Lipinski definition) is 2. The van der Waals surface area contributed by atoms with Crippen LogP contribution in [0.4, 0.5) is 0 Å². The molecule has 3 nitrogen and oxygen atoms in total. The zero-order valence-corrected chi connectivity index (χ0v) is 8.93. The minimum absolute atomic E-state index is 0.0658. The first kappa shape index (κ1) is 9.68. The van der Waals surface area contributed by atoms with E-state index in [1.54, 1.807) is 11.3 Å². The molecule has 1 aliphatic carbocycles. The van der Waals surface area contributed by atoms with Crippen LogP contribution in [0.25, 0.3) is 0 Å². The molecule has 0 aliphatic heterocycles. The van der Waals surface area contributed by atoms with Crippen molar-refractivity contribution in [2.75, 3.05) is 0 Å². The summed E-state index contributed by atoms with van der Waals surface area (Å²) in [5.74, 6) is 0.166. The molecule has 0 aromatic carbocycles. The maximum atomic E-state index is 11.4. The van der Waals surface area contributed by atoms with E-state index in [0.29, 0.717) is 6.54 Å². The van der Waals surface area contributed by atoms with Gasteiger partial charge in [-0.3, -0.25) is 4.79 Å². The Hall–Kier alpha value is -0.870. The molecule has 14 heavy (non-hydrogen) atoms. The number of carbonyl (C=O) groups excluding carboxylic acids is 1. The van der Waals surface area contributed by atoms with Gasteiger partial charge in [0.1, 0.15) is 0 Å². The van der Waals surface area contributed by atoms with Crippen LogP contribution in [0.1, 0.15) is 16.2 Å². The normalized spacial score (nSPS) is 24.7. The average Bonchev–Trinajstić information content (AvgIpc) is 2.72. The summed E-state index contributed by atoms with van der Waals surface area (Å²) in [6, 6.07) is 4.21. The van der Waals surface area contributed by atoms with E-state index in [9.17, 15) is 4.79 Å². The average molecular weight is 210 g/mol. The fraction of sp³-hybridized carbons (Fsp3) is 0.500. The topological polar surface area (TPSA) is 55.1 Å². The largest absolute Gasteiger partial charge is 0.351 e. The van der Waals surface area contributed by atoms with Crippen LogP contribution in [-0.4, -0.2) is 11.9 Å². The zero-order chi connectivity index (χ0) is 10.1. The molecule has 0 saturated heterocycles. The number of thiophene rings is 1. The summed E-state index contributed by atoms with van der Waals surface area (Å²) in [6.45, 7) is 2.70. The van der Waals surface area contributed by atoms with E-state index in [1.165, 1.54) is 9.75 Å². The van der Waals surface area contributed by atoms with Crippen molar-refractivity contribution in [2.24, 2.45) is 11.7 Å². The number of nitrogens with two attached hydrogens (primary N) is 1. The lowest BCUT2D eigenvalue weighted by Crippen LogP contribution is -2.26. The van der Waals surface area contributed by atoms with E-state index in [4.69, 9.17) is 5.73 Å². The van der Waals surface area contributed by atoms with Crippen LogP contribution in [0.2, 0.25) is 0 Å². The standard InChI is InChI=1S/C10H14N2OS/c1-6-2-3-7(14-6)5-12-10(13)8-4-9(8)11/h2-3,8-9H,4-5,11H2,1H3,(H,12,13). The van der Waals surface area contributed by atoms with Crippen LogP contribution in [0.15, 0.2) is 12.1 Å². The second kappa shape index (κ2) is 3.71. The second-order valence-electron chi connectivity index (χ2n) is 3.74. The van der Waals surface area contributed by atoms with Crippen molar-refractivity contribution >= 4 is 17.2 Å². The molecule has 1 aromatic rings. The SMILES string of the molecule is Cc1ccc(CNC(=O)C2CC2N)s1. The Bertz CT molecular complexity index is 348. The number of carbonyl (C=O) groups is 1. The summed E-state index contributed by atoms with van der Waals surface area (Å²) in [7, 11) is 0. The first-order chi connectivity index (χ1) is 6.66. The van der Waals surface area contributed by atoms with Crippen LogP contribution in [0, 0.1) is 12.8 Å². The van der Waals surface area contributed by atoms with Gasteiger partial charge in [0.25, 0.3) is 0 Å². The lowest BCUT2D eigenvalue weighted by atomic mass is 10.3. The van der Waals surface area contributed by atoms with Gasteiger partial charge in [0.05, 0.1) is 12.5 Å². The van der Waals surface area contributed by atoms with Gasteiger partial charge in [-0.25, -0.2) is 0 Å². The molecule has 1 heterocycles. The highest BCUT2D eigenvalue weighted by atomic mass is 32.1. The van der Waals surface area contributed by atoms with Crippen molar-refractivity contribution in [1.29, 1.82) is 0 Å². The number of amides is 1. The van der Waals surface area contributed by atoms with Crippen molar-refractivity contribution in [1.82, 2.24) is 5.32 Å². The quantitative estimate of drug-likeness (QED) is 0.782. The summed E-state index contributed by atoms with van der Waals surface area (Å²) in [6.07, 6.45) is 0.843. The van der Waals surface area contributed by atoms with E-state index < -0.39 is 0 Å². The minimum atomic E-state index is 0.0658. The van der Waals surface area contributed by atoms with Gasteiger partial charge in [0.2, 0.25) is 5.91 Å². The van der Waals surface area contributed by atoms with Gasteiger partial charge in [-0.15, -0.1) is 11.3 Å².